The molecule has 134 valence electrons. The van der Waals surface area contributed by atoms with Crippen molar-refractivity contribution in [2.24, 2.45) is 19.5 Å². The molecule has 2 N–H and O–H groups in total. The molecule has 0 atom stereocenters. The Balaban J connectivity index is 1.60. The van der Waals surface area contributed by atoms with Crippen molar-refractivity contribution in [3.63, 3.8) is 0 Å². The van der Waals surface area contributed by atoms with Gasteiger partial charge in [-0.25, -0.2) is 0 Å². The summed E-state index contributed by atoms with van der Waals surface area (Å²) in [6.07, 6.45) is 11.4. The van der Waals surface area contributed by atoms with Crippen LogP contribution in [0.15, 0.2) is 24.8 Å². The Kier molecular flexibility index (Phi) is 4.87. The fourth-order valence-corrected chi connectivity index (χ4v) is 3.60. The molecule has 1 fully saturated rings. The van der Waals surface area contributed by atoms with Crippen LogP contribution in [0.2, 0.25) is 0 Å². The maximum atomic E-state index is 12.4. The summed E-state index contributed by atoms with van der Waals surface area (Å²) >= 11 is 0. The van der Waals surface area contributed by atoms with Crippen LogP contribution in [0.5, 0.6) is 0 Å². The monoisotopic (exact) mass is 344 g/mol. The normalized spacial score (nSPS) is 15.9. The van der Waals surface area contributed by atoms with Crippen molar-refractivity contribution in [1.29, 1.82) is 0 Å². The van der Waals surface area contributed by atoms with E-state index in [1.165, 1.54) is 0 Å². The van der Waals surface area contributed by atoms with Crippen LogP contribution in [-0.2, 0) is 23.7 Å². The van der Waals surface area contributed by atoms with Crippen molar-refractivity contribution in [3.05, 3.63) is 24.8 Å². The van der Waals surface area contributed by atoms with Gasteiger partial charge >= 0.3 is 0 Å². The van der Waals surface area contributed by atoms with E-state index in [2.05, 4.69) is 20.8 Å². The first-order chi connectivity index (χ1) is 11.9. The minimum absolute atomic E-state index is 0.0657. The third-order valence-electron chi connectivity index (χ3n) is 4.71. The molecule has 0 radical (unpaired) electrons. The van der Waals surface area contributed by atoms with Gasteiger partial charge < -0.3 is 10.6 Å². The zero-order valence-corrected chi connectivity index (χ0v) is 14.7. The van der Waals surface area contributed by atoms with Gasteiger partial charge in [0, 0.05) is 39.3 Å². The first-order valence-electron chi connectivity index (χ1n) is 8.51. The number of nitrogens with zero attached hydrogens (tertiary/aromatic N) is 4. The summed E-state index contributed by atoms with van der Waals surface area (Å²) < 4.78 is 3.28. The summed E-state index contributed by atoms with van der Waals surface area (Å²) in [7, 11) is 3.60. The van der Waals surface area contributed by atoms with Gasteiger partial charge in [0.25, 0.3) is 0 Å². The molecular weight excluding hydrogens is 320 g/mol. The largest absolute Gasteiger partial charge is 0.323 e. The number of rotatable bonds is 6. The summed E-state index contributed by atoms with van der Waals surface area (Å²) in [6.45, 7) is 0. The van der Waals surface area contributed by atoms with Crippen molar-refractivity contribution in [1.82, 2.24) is 19.6 Å². The molecule has 0 aromatic carbocycles. The Morgan fingerprint density at radius 1 is 0.960 bits per heavy atom. The molecule has 3 rings (SSSR count). The van der Waals surface area contributed by atoms with E-state index >= 15 is 0 Å². The van der Waals surface area contributed by atoms with Gasteiger partial charge in [-0.05, 0) is 18.3 Å². The second-order valence-corrected chi connectivity index (χ2v) is 6.96. The fraction of sp³-hybridized carbons (Fsp3) is 0.529. The van der Waals surface area contributed by atoms with E-state index in [4.69, 9.17) is 0 Å². The standard InChI is InChI=1S/C17H24N6O2/c1-22-11-13(9-18-22)20-15(24)7-17(5-3-4-6-17)8-16(25)21-14-10-19-23(2)12-14/h9-12H,3-8H2,1-2H3,(H,20,24)(H,21,25). The number of amides is 2. The number of carbonyl (C=O) groups is 2. The minimum atomic E-state index is -0.265. The maximum Gasteiger partial charge on any atom is 0.225 e. The highest BCUT2D eigenvalue weighted by atomic mass is 16.2. The van der Waals surface area contributed by atoms with Gasteiger partial charge in [0.1, 0.15) is 0 Å². The van der Waals surface area contributed by atoms with E-state index in [1.54, 1.807) is 48.2 Å². The van der Waals surface area contributed by atoms with Crippen LogP contribution in [0.1, 0.15) is 38.5 Å². The lowest BCUT2D eigenvalue weighted by atomic mass is 9.79. The highest BCUT2D eigenvalue weighted by Crippen LogP contribution is 2.44. The first kappa shape index (κ1) is 17.2. The van der Waals surface area contributed by atoms with Crippen molar-refractivity contribution in [2.75, 3.05) is 10.6 Å². The van der Waals surface area contributed by atoms with Crippen molar-refractivity contribution >= 4 is 23.2 Å². The molecule has 2 amide bonds. The van der Waals surface area contributed by atoms with Gasteiger partial charge in [-0.15, -0.1) is 0 Å². The van der Waals surface area contributed by atoms with Crippen LogP contribution in [-0.4, -0.2) is 31.4 Å². The van der Waals surface area contributed by atoms with Crippen LogP contribution < -0.4 is 10.6 Å². The highest BCUT2D eigenvalue weighted by molar-refractivity contribution is 5.93. The highest BCUT2D eigenvalue weighted by Gasteiger charge is 2.38. The molecule has 8 nitrogen and oxygen atoms in total. The van der Waals surface area contributed by atoms with Crippen molar-refractivity contribution < 1.29 is 9.59 Å². The zero-order valence-electron chi connectivity index (χ0n) is 14.7. The van der Waals surface area contributed by atoms with Gasteiger partial charge in [0.2, 0.25) is 11.8 Å². The molecule has 1 saturated carbocycles. The minimum Gasteiger partial charge on any atom is -0.323 e. The average molecular weight is 344 g/mol. The third-order valence-corrected chi connectivity index (χ3v) is 4.71. The Hall–Kier alpha value is -2.64. The summed E-state index contributed by atoms with van der Waals surface area (Å²) in [5, 5.41) is 13.8. The molecule has 2 aromatic heterocycles. The number of aromatic nitrogens is 4. The van der Waals surface area contributed by atoms with Crippen LogP contribution >= 0.6 is 0 Å². The summed E-state index contributed by atoms with van der Waals surface area (Å²) in [5.74, 6) is -0.131. The van der Waals surface area contributed by atoms with Crippen LogP contribution in [0, 0.1) is 5.41 Å². The van der Waals surface area contributed by atoms with E-state index in [9.17, 15) is 9.59 Å². The lowest BCUT2D eigenvalue weighted by molar-refractivity contribution is -0.121. The second-order valence-electron chi connectivity index (χ2n) is 6.96. The molecule has 0 aliphatic heterocycles. The van der Waals surface area contributed by atoms with E-state index in [0.29, 0.717) is 24.2 Å². The third kappa shape index (κ3) is 4.46. The first-order valence-corrected chi connectivity index (χ1v) is 8.51. The second kappa shape index (κ2) is 7.08. The van der Waals surface area contributed by atoms with E-state index < -0.39 is 0 Å². The fourth-order valence-electron chi connectivity index (χ4n) is 3.60. The van der Waals surface area contributed by atoms with Crippen LogP contribution in [0.25, 0.3) is 0 Å². The van der Waals surface area contributed by atoms with Gasteiger partial charge in [-0.3, -0.25) is 19.0 Å². The average Bonchev–Trinajstić information content (AvgIpc) is 3.23. The van der Waals surface area contributed by atoms with Gasteiger partial charge in [-0.1, -0.05) is 12.8 Å². The predicted molar refractivity (Wildman–Crippen MR) is 93.8 cm³/mol. The van der Waals surface area contributed by atoms with Gasteiger partial charge in [0.05, 0.1) is 23.8 Å². The molecule has 0 saturated heterocycles. The van der Waals surface area contributed by atoms with E-state index in [1.807, 2.05) is 0 Å². The Morgan fingerprint density at radius 2 is 1.40 bits per heavy atom. The number of hydrogen-bond acceptors (Lipinski definition) is 4. The smallest absolute Gasteiger partial charge is 0.225 e. The molecular formula is C17H24N6O2. The molecule has 8 heteroatoms. The maximum absolute atomic E-state index is 12.4. The van der Waals surface area contributed by atoms with Crippen molar-refractivity contribution in [3.8, 4) is 0 Å². The lowest BCUT2D eigenvalue weighted by Gasteiger charge is -2.27. The molecule has 25 heavy (non-hydrogen) atoms. The molecule has 1 aliphatic carbocycles. The summed E-state index contributed by atoms with van der Waals surface area (Å²) in [6, 6.07) is 0. The predicted octanol–water partition coefficient (Wildman–Crippen LogP) is 2.07. The zero-order chi connectivity index (χ0) is 17.9. The Labute approximate surface area is 146 Å². The quantitative estimate of drug-likeness (QED) is 0.839. The molecule has 0 unspecified atom stereocenters. The number of aryl methyl sites for hydroxylation is 2. The van der Waals surface area contributed by atoms with E-state index in [-0.39, 0.29) is 17.2 Å². The Morgan fingerprint density at radius 3 is 1.76 bits per heavy atom. The van der Waals surface area contributed by atoms with Gasteiger partial charge in [-0.2, -0.15) is 10.2 Å². The number of anilines is 2. The van der Waals surface area contributed by atoms with Crippen molar-refractivity contribution in [2.45, 2.75) is 38.5 Å². The Bertz CT molecular complexity index is 699. The molecule has 2 heterocycles. The SMILES string of the molecule is Cn1cc(NC(=O)CC2(CC(=O)Nc3cnn(C)c3)CCCC2)cn1. The molecule has 2 aromatic rings. The summed E-state index contributed by atoms with van der Waals surface area (Å²) in [5.41, 5.74) is 1.10. The van der Waals surface area contributed by atoms with Crippen LogP contribution in [0.4, 0.5) is 11.4 Å². The molecule has 0 bridgehead atoms. The lowest BCUT2D eigenvalue weighted by Crippen LogP contribution is -2.30. The van der Waals surface area contributed by atoms with Gasteiger partial charge in [0.15, 0.2) is 0 Å². The molecule has 0 spiro atoms. The summed E-state index contributed by atoms with van der Waals surface area (Å²) in [4.78, 5) is 24.9. The topological polar surface area (TPSA) is 93.8 Å². The molecule has 1 aliphatic rings. The van der Waals surface area contributed by atoms with E-state index in [0.717, 1.165) is 25.7 Å². The number of hydrogen-bond donors (Lipinski definition) is 2. The number of nitrogens with one attached hydrogen (secondary N) is 2. The van der Waals surface area contributed by atoms with Crippen LogP contribution in [0.3, 0.4) is 0 Å². The number of carbonyl (C=O) groups excluding carboxylic acids is 2.